The molecule has 0 spiro atoms. The molecule has 5 nitrogen and oxygen atoms in total. The molecule has 6 heteroatoms. The average molecular weight is 552 g/mol. The van der Waals surface area contributed by atoms with Crippen molar-refractivity contribution >= 4 is 27.7 Å². The molecule has 3 rings (SSSR count). The van der Waals surface area contributed by atoms with Crippen molar-refractivity contribution < 1.29 is 14.3 Å². The van der Waals surface area contributed by atoms with Crippen LogP contribution in [0.3, 0.4) is 0 Å². The second kappa shape index (κ2) is 13.3. The minimum atomic E-state index is -0.687. The van der Waals surface area contributed by atoms with Gasteiger partial charge in [0.2, 0.25) is 5.91 Å². The lowest BCUT2D eigenvalue weighted by Gasteiger charge is -2.32. The number of nitrogens with zero attached hydrogens (tertiary/aromatic N) is 1. The van der Waals surface area contributed by atoms with Crippen LogP contribution in [0.5, 0.6) is 5.75 Å². The summed E-state index contributed by atoms with van der Waals surface area (Å²) < 4.78 is 6.79. The zero-order chi connectivity index (χ0) is 26.1. The van der Waals surface area contributed by atoms with Gasteiger partial charge in [-0.1, -0.05) is 84.4 Å². The number of amides is 2. The molecular weight excluding hydrogens is 516 g/mol. The van der Waals surface area contributed by atoms with Crippen molar-refractivity contribution in [2.24, 2.45) is 0 Å². The summed E-state index contributed by atoms with van der Waals surface area (Å²) in [4.78, 5) is 28.6. The third kappa shape index (κ3) is 8.23. The first-order valence-electron chi connectivity index (χ1n) is 12.3. The van der Waals surface area contributed by atoms with Gasteiger partial charge in [-0.05, 0) is 60.7 Å². The Bertz CT molecular complexity index is 1130. The number of hydrogen-bond donors (Lipinski definition) is 1. The molecule has 0 aliphatic rings. The van der Waals surface area contributed by atoms with Gasteiger partial charge in [-0.25, -0.2) is 0 Å². The summed E-state index contributed by atoms with van der Waals surface area (Å²) in [6, 6.07) is 24.6. The number of hydrogen-bond acceptors (Lipinski definition) is 3. The maximum absolute atomic E-state index is 13.6. The van der Waals surface area contributed by atoms with E-state index >= 15 is 0 Å². The van der Waals surface area contributed by atoms with Crippen molar-refractivity contribution in [1.29, 1.82) is 0 Å². The smallest absolute Gasteiger partial charge is 0.261 e. The van der Waals surface area contributed by atoms with E-state index in [1.165, 1.54) is 5.56 Å². The molecule has 190 valence electrons. The Hall–Kier alpha value is -3.12. The van der Waals surface area contributed by atoms with E-state index in [1.807, 2.05) is 92.7 Å². The van der Waals surface area contributed by atoms with Crippen LogP contribution >= 0.6 is 15.9 Å². The fourth-order valence-corrected chi connectivity index (χ4v) is 4.39. The lowest BCUT2D eigenvalue weighted by Crippen LogP contribution is -2.52. The minimum Gasteiger partial charge on any atom is -0.484 e. The van der Waals surface area contributed by atoms with Gasteiger partial charge >= 0.3 is 0 Å². The topological polar surface area (TPSA) is 58.6 Å². The molecule has 2 amide bonds. The van der Waals surface area contributed by atoms with Crippen molar-refractivity contribution in [1.82, 2.24) is 10.2 Å². The Morgan fingerprint density at radius 1 is 0.889 bits per heavy atom. The van der Waals surface area contributed by atoms with Gasteiger partial charge in [-0.3, -0.25) is 9.59 Å². The van der Waals surface area contributed by atoms with E-state index < -0.39 is 6.04 Å². The Morgan fingerprint density at radius 2 is 1.56 bits per heavy atom. The Kier molecular flexibility index (Phi) is 10.1. The molecule has 0 saturated carbocycles. The van der Waals surface area contributed by atoms with Crippen molar-refractivity contribution in [3.8, 4) is 5.75 Å². The third-order valence-electron chi connectivity index (χ3n) is 5.85. The van der Waals surface area contributed by atoms with Crippen LogP contribution < -0.4 is 10.1 Å². The zero-order valence-electron chi connectivity index (χ0n) is 21.4. The fourth-order valence-electron chi connectivity index (χ4n) is 3.94. The van der Waals surface area contributed by atoms with E-state index in [-0.39, 0.29) is 31.0 Å². The highest BCUT2D eigenvalue weighted by Gasteiger charge is 2.31. The number of halogens is 1. The molecule has 1 atom stereocenters. The van der Waals surface area contributed by atoms with Gasteiger partial charge < -0.3 is 15.0 Å². The van der Waals surface area contributed by atoms with Gasteiger partial charge in [-0.15, -0.1) is 0 Å². The van der Waals surface area contributed by atoms with Crippen molar-refractivity contribution in [3.63, 3.8) is 0 Å². The molecule has 1 N–H and O–H groups in total. The molecule has 0 aromatic heterocycles. The zero-order valence-corrected chi connectivity index (χ0v) is 23.0. The van der Waals surface area contributed by atoms with Crippen LogP contribution in [0.4, 0.5) is 0 Å². The second-order valence-electron chi connectivity index (χ2n) is 9.53. The monoisotopic (exact) mass is 550 g/mol. The summed E-state index contributed by atoms with van der Waals surface area (Å²) in [5.41, 5.74) is 3.12. The number of nitrogens with one attached hydrogen (secondary N) is 1. The molecule has 0 aliphatic heterocycles. The SMILES string of the molecule is CC(C)NC(=O)C(Cc1ccccc1)N(Cc1cccc(Br)c1)C(=O)COc1ccc(C(C)C)cc1. The van der Waals surface area contributed by atoms with Crippen LogP contribution in [-0.2, 0) is 22.6 Å². The van der Waals surface area contributed by atoms with E-state index in [1.54, 1.807) is 4.90 Å². The van der Waals surface area contributed by atoms with Gasteiger partial charge in [0.25, 0.3) is 5.91 Å². The summed E-state index contributed by atoms with van der Waals surface area (Å²) in [5.74, 6) is 0.613. The quantitative estimate of drug-likeness (QED) is 0.313. The predicted molar refractivity (Wildman–Crippen MR) is 148 cm³/mol. The molecule has 0 bridgehead atoms. The van der Waals surface area contributed by atoms with Crippen molar-refractivity contribution in [2.45, 2.75) is 58.7 Å². The third-order valence-corrected chi connectivity index (χ3v) is 6.35. The summed E-state index contributed by atoms with van der Waals surface area (Å²) >= 11 is 3.51. The molecule has 0 radical (unpaired) electrons. The summed E-state index contributed by atoms with van der Waals surface area (Å²) in [6.07, 6.45) is 0.405. The maximum Gasteiger partial charge on any atom is 0.261 e. The van der Waals surface area contributed by atoms with Crippen LogP contribution in [0.15, 0.2) is 83.3 Å². The number of ether oxygens (including phenoxy) is 1. The average Bonchev–Trinajstić information content (AvgIpc) is 2.85. The second-order valence-corrected chi connectivity index (χ2v) is 10.4. The number of carbonyl (C=O) groups is 2. The van der Waals surface area contributed by atoms with Gasteiger partial charge in [0.05, 0.1) is 0 Å². The molecule has 0 aliphatic carbocycles. The predicted octanol–water partition coefficient (Wildman–Crippen LogP) is 6.12. The highest BCUT2D eigenvalue weighted by Crippen LogP contribution is 2.20. The lowest BCUT2D eigenvalue weighted by atomic mass is 10.0. The molecule has 3 aromatic rings. The first-order valence-corrected chi connectivity index (χ1v) is 13.1. The van der Waals surface area contributed by atoms with Gasteiger partial charge in [0.15, 0.2) is 6.61 Å². The maximum atomic E-state index is 13.6. The number of benzene rings is 3. The van der Waals surface area contributed by atoms with Crippen LogP contribution in [0, 0.1) is 0 Å². The van der Waals surface area contributed by atoms with Crippen molar-refractivity contribution in [2.75, 3.05) is 6.61 Å². The van der Waals surface area contributed by atoms with Crippen LogP contribution in [0.1, 0.15) is 50.3 Å². The molecule has 36 heavy (non-hydrogen) atoms. The van der Waals surface area contributed by atoms with Crippen LogP contribution in [0.2, 0.25) is 0 Å². The highest BCUT2D eigenvalue weighted by molar-refractivity contribution is 9.10. The number of carbonyl (C=O) groups excluding carboxylic acids is 2. The van der Waals surface area contributed by atoms with E-state index in [4.69, 9.17) is 4.74 Å². The Morgan fingerprint density at radius 3 is 2.17 bits per heavy atom. The first kappa shape index (κ1) is 27.5. The van der Waals surface area contributed by atoms with E-state index in [2.05, 4.69) is 35.1 Å². The molecule has 0 fully saturated rings. The van der Waals surface area contributed by atoms with E-state index in [0.29, 0.717) is 18.1 Å². The largest absolute Gasteiger partial charge is 0.484 e. The molecule has 0 heterocycles. The van der Waals surface area contributed by atoms with Gasteiger partial charge in [0.1, 0.15) is 11.8 Å². The fraction of sp³-hybridized carbons (Fsp3) is 0.333. The van der Waals surface area contributed by atoms with Gasteiger partial charge in [0, 0.05) is 23.5 Å². The van der Waals surface area contributed by atoms with E-state index in [9.17, 15) is 9.59 Å². The van der Waals surface area contributed by atoms with Crippen LogP contribution in [-0.4, -0.2) is 35.4 Å². The summed E-state index contributed by atoms with van der Waals surface area (Å²) in [7, 11) is 0. The normalized spacial score (nSPS) is 11.9. The van der Waals surface area contributed by atoms with Crippen molar-refractivity contribution in [3.05, 3.63) is 100 Å². The first-order chi connectivity index (χ1) is 17.2. The Balaban J connectivity index is 1.88. The van der Waals surface area contributed by atoms with Crippen LogP contribution in [0.25, 0.3) is 0 Å². The standard InChI is InChI=1S/C30H35BrN2O3/c1-21(2)25-13-15-27(16-14-25)36-20-29(34)33(19-24-11-8-12-26(31)17-24)28(30(35)32-22(3)4)18-23-9-6-5-7-10-23/h5-17,21-22,28H,18-20H2,1-4H3,(H,32,35). The molecule has 3 aromatic carbocycles. The van der Waals surface area contributed by atoms with E-state index in [0.717, 1.165) is 15.6 Å². The van der Waals surface area contributed by atoms with Gasteiger partial charge in [-0.2, -0.15) is 0 Å². The summed E-state index contributed by atoms with van der Waals surface area (Å²) in [5, 5.41) is 3.00. The lowest BCUT2D eigenvalue weighted by molar-refractivity contribution is -0.143. The molecular formula is C30H35BrN2O3. The minimum absolute atomic E-state index is 0.0469. The highest BCUT2D eigenvalue weighted by atomic mass is 79.9. The molecule has 1 unspecified atom stereocenters. The number of rotatable bonds is 11. The molecule has 0 saturated heterocycles. The Labute approximate surface area is 223 Å². The summed E-state index contributed by atoms with van der Waals surface area (Å²) in [6.45, 7) is 8.23.